The first kappa shape index (κ1) is 24.9. The number of hydrogen-bond acceptors (Lipinski definition) is 6. The number of amides is 2. The predicted molar refractivity (Wildman–Crippen MR) is 117 cm³/mol. The summed E-state index contributed by atoms with van der Waals surface area (Å²) in [6.45, 7) is 10.4. The van der Waals surface area contributed by atoms with Crippen molar-refractivity contribution >= 4 is 18.0 Å². The molecule has 0 radical (unpaired) electrons. The molecule has 0 bridgehead atoms. The van der Waals surface area contributed by atoms with E-state index in [4.69, 9.17) is 9.47 Å². The van der Waals surface area contributed by atoms with E-state index in [-0.39, 0.29) is 17.9 Å². The van der Waals surface area contributed by atoms with Gasteiger partial charge in [-0.05, 0) is 50.9 Å². The molecule has 1 heterocycles. The SMILES string of the molecule is CCOC(=O)NC(=NC(CCC(C)(C)C)C(=O)NC1(C#N)CCCC1)N1CCOCC1. The van der Waals surface area contributed by atoms with E-state index in [9.17, 15) is 14.9 Å². The van der Waals surface area contributed by atoms with Crippen LogP contribution in [0.5, 0.6) is 0 Å². The fraction of sp³-hybridized carbons (Fsp3) is 0.818. The van der Waals surface area contributed by atoms with Crippen molar-refractivity contribution in [3.8, 4) is 6.07 Å². The van der Waals surface area contributed by atoms with Crippen LogP contribution in [0.15, 0.2) is 4.99 Å². The lowest BCUT2D eigenvalue weighted by atomic mass is 9.88. The quantitative estimate of drug-likeness (QED) is 0.489. The molecule has 1 saturated heterocycles. The molecule has 1 saturated carbocycles. The van der Waals surface area contributed by atoms with E-state index in [1.165, 1.54) is 0 Å². The second-order valence-electron chi connectivity index (χ2n) is 9.40. The second-order valence-corrected chi connectivity index (χ2v) is 9.40. The number of ether oxygens (including phenoxy) is 2. The highest BCUT2D eigenvalue weighted by atomic mass is 16.5. The van der Waals surface area contributed by atoms with Gasteiger partial charge in [0, 0.05) is 13.1 Å². The molecule has 1 unspecified atom stereocenters. The summed E-state index contributed by atoms with van der Waals surface area (Å²) in [6, 6.07) is 1.59. The Labute approximate surface area is 185 Å². The molecule has 1 aliphatic carbocycles. The molecular formula is C22H37N5O4. The molecule has 31 heavy (non-hydrogen) atoms. The molecule has 9 nitrogen and oxygen atoms in total. The number of rotatable bonds is 6. The maximum atomic E-state index is 13.3. The van der Waals surface area contributed by atoms with E-state index in [1.54, 1.807) is 6.92 Å². The summed E-state index contributed by atoms with van der Waals surface area (Å²) >= 11 is 0. The van der Waals surface area contributed by atoms with Crippen LogP contribution in [0.25, 0.3) is 0 Å². The number of morpholine rings is 1. The highest BCUT2D eigenvalue weighted by Crippen LogP contribution is 2.30. The molecular weight excluding hydrogens is 398 g/mol. The van der Waals surface area contributed by atoms with E-state index < -0.39 is 17.7 Å². The number of nitrogens with one attached hydrogen (secondary N) is 2. The number of alkyl carbamates (subject to hydrolysis) is 1. The van der Waals surface area contributed by atoms with Crippen LogP contribution in [0.2, 0.25) is 0 Å². The molecule has 2 N–H and O–H groups in total. The predicted octanol–water partition coefficient (Wildman–Crippen LogP) is 2.57. The van der Waals surface area contributed by atoms with Crippen molar-refractivity contribution in [2.75, 3.05) is 32.9 Å². The minimum Gasteiger partial charge on any atom is -0.450 e. The zero-order valence-corrected chi connectivity index (χ0v) is 19.3. The third kappa shape index (κ3) is 8.02. The van der Waals surface area contributed by atoms with Crippen LogP contribution in [0.3, 0.4) is 0 Å². The number of carbonyl (C=O) groups is 2. The van der Waals surface area contributed by atoms with Crippen molar-refractivity contribution < 1.29 is 19.1 Å². The number of carbonyl (C=O) groups excluding carboxylic acids is 2. The Hall–Kier alpha value is -2.34. The Bertz CT molecular complexity index is 683. The Morgan fingerprint density at radius 2 is 1.90 bits per heavy atom. The summed E-state index contributed by atoms with van der Waals surface area (Å²) in [6.07, 6.45) is 3.83. The van der Waals surface area contributed by atoms with Crippen molar-refractivity contribution in [3.63, 3.8) is 0 Å². The summed E-state index contributed by atoms with van der Waals surface area (Å²) in [7, 11) is 0. The lowest BCUT2D eigenvalue weighted by molar-refractivity contribution is -0.123. The van der Waals surface area contributed by atoms with Crippen LogP contribution in [0.1, 0.15) is 66.2 Å². The summed E-state index contributed by atoms with van der Waals surface area (Å²) in [5, 5.41) is 15.3. The van der Waals surface area contributed by atoms with E-state index in [1.807, 2.05) is 4.90 Å². The normalized spacial score (nSPS) is 20.0. The van der Waals surface area contributed by atoms with Crippen molar-refractivity contribution in [1.29, 1.82) is 5.26 Å². The van der Waals surface area contributed by atoms with Gasteiger partial charge in [-0.2, -0.15) is 5.26 Å². The zero-order valence-electron chi connectivity index (χ0n) is 19.3. The van der Waals surface area contributed by atoms with Gasteiger partial charge in [-0.25, -0.2) is 9.79 Å². The van der Waals surface area contributed by atoms with Gasteiger partial charge in [-0.15, -0.1) is 0 Å². The van der Waals surface area contributed by atoms with Crippen molar-refractivity contribution in [3.05, 3.63) is 0 Å². The molecule has 9 heteroatoms. The first-order chi connectivity index (χ1) is 14.7. The molecule has 1 atom stereocenters. The first-order valence-corrected chi connectivity index (χ1v) is 11.3. The average molecular weight is 436 g/mol. The molecule has 2 fully saturated rings. The number of hydrogen-bond donors (Lipinski definition) is 2. The largest absolute Gasteiger partial charge is 0.450 e. The van der Waals surface area contributed by atoms with Gasteiger partial charge in [0.05, 0.1) is 25.9 Å². The number of nitrogens with zero attached hydrogens (tertiary/aromatic N) is 3. The van der Waals surface area contributed by atoms with Crippen LogP contribution in [0.4, 0.5) is 4.79 Å². The van der Waals surface area contributed by atoms with Crippen molar-refractivity contribution in [2.45, 2.75) is 77.8 Å². The second kappa shape index (κ2) is 11.3. The zero-order chi connectivity index (χ0) is 22.9. The van der Waals surface area contributed by atoms with Gasteiger partial charge in [0.15, 0.2) is 0 Å². The average Bonchev–Trinajstić information content (AvgIpc) is 3.19. The summed E-state index contributed by atoms with van der Waals surface area (Å²) < 4.78 is 10.4. The van der Waals surface area contributed by atoms with Crippen molar-refractivity contribution in [1.82, 2.24) is 15.5 Å². The molecule has 0 aromatic carbocycles. The Balaban J connectivity index is 2.27. The van der Waals surface area contributed by atoms with Gasteiger partial charge >= 0.3 is 6.09 Å². The van der Waals surface area contributed by atoms with Crippen LogP contribution in [0, 0.1) is 16.7 Å². The summed E-state index contributed by atoms with van der Waals surface area (Å²) in [4.78, 5) is 32.0. The lowest BCUT2D eigenvalue weighted by Crippen LogP contribution is -2.52. The van der Waals surface area contributed by atoms with Crippen molar-refractivity contribution in [2.24, 2.45) is 10.4 Å². The Kier molecular flexibility index (Phi) is 9.11. The van der Waals surface area contributed by atoms with Gasteiger partial charge in [0.1, 0.15) is 11.6 Å². The minimum atomic E-state index is -0.819. The van der Waals surface area contributed by atoms with Gasteiger partial charge < -0.3 is 19.7 Å². The van der Waals surface area contributed by atoms with Crippen LogP contribution >= 0.6 is 0 Å². The maximum absolute atomic E-state index is 13.3. The smallest absolute Gasteiger partial charge is 0.413 e. The molecule has 0 aromatic rings. The monoisotopic (exact) mass is 435 g/mol. The van der Waals surface area contributed by atoms with E-state index in [0.717, 1.165) is 19.3 Å². The third-order valence-electron chi connectivity index (χ3n) is 5.58. The first-order valence-electron chi connectivity index (χ1n) is 11.3. The summed E-state index contributed by atoms with van der Waals surface area (Å²) in [5.41, 5.74) is -0.803. The number of guanidine groups is 1. The highest BCUT2D eigenvalue weighted by Gasteiger charge is 2.37. The van der Waals surface area contributed by atoms with Gasteiger partial charge in [-0.3, -0.25) is 10.1 Å². The number of aliphatic imine (C=N–C) groups is 1. The third-order valence-corrected chi connectivity index (χ3v) is 5.58. The van der Waals surface area contributed by atoms with Gasteiger partial charge in [-0.1, -0.05) is 20.8 Å². The van der Waals surface area contributed by atoms with Crippen LogP contribution < -0.4 is 10.6 Å². The fourth-order valence-electron chi connectivity index (χ4n) is 3.76. The highest BCUT2D eigenvalue weighted by molar-refractivity contribution is 5.96. The topological polar surface area (TPSA) is 116 Å². The van der Waals surface area contributed by atoms with Crippen LogP contribution in [-0.2, 0) is 14.3 Å². The van der Waals surface area contributed by atoms with Gasteiger partial charge in [0.2, 0.25) is 11.9 Å². The molecule has 1 aliphatic heterocycles. The van der Waals surface area contributed by atoms with Crippen LogP contribution in [-0.4, -0.2) is 67.4 Å². The maximum Gasteiger partial charge on any atom is 0.413 e. The van der Waals surface area contributed by atoms with E-state index in [2.05, 4.69) is 42.5 Å². The molecule has 2 amide bonds. The van der Waals surface area contributed by atoms with E-state index in [0.29, 0.717) is 51.5 Å². The Morgan fingerprint density at radius 3 is 2.45 bits per heavy atom. The minimum absolute atomic E-state index is 0.0159. The molecule has 0 spiro atoms. The molecule has 174 valence electrons. The molecule has 0 aromatic heterocycles. The number of nitriles is 1. The molecule has 2 rings (SSSR count). The van der Waals surface area contributed by atoms with Gasteiger partial charge in [0.25, 0.3) is 0 Å². The standard InChI is InChI=1S/C22H37N5O4/c1-5-31-20(29)25-19(27-12-14-30-15-13-27)24-17(8-11-21(2,3)4)18(28)26-22(16-23)9-6-7-10-22/h17H,5-15H2,1-4H3,(H,26,28)(H,24,25,29). The fourth-order valence-corrected chi connectivity index (χ4v) is 3.76. The van der Waals surface area contributed by atoms with E-state index >= 15 is 0 Å². The lowest BCUT2D eigenvalue weighted by Gasteiger charge is -2.31. The Morgan fingerprint density at radius 1 is 1.26 bits per heavy atom. The molecule has 2 aliphatic rings. The summed E-state index contributed by atoms with van der Waals surface area (Å²) in [5.74, 6) is 0.0392.